The predicted molar refractivity (Wildman–Crippen MR) is 68.4 cm³/mol. The summed E-state index contributed by atoms with van der Waals surface area (Å²) in [4.78, 5) is 0. The molecule has 15 heavy (non-hydrogen) atoms. The minimum absolute atomic E-state index is 0.396. The summed E-state index contributed by atoms with van der Waals surface area (Å²) in [6, 6.07) is 7.11. The Morgan fingerprint density at radius 2 is 2.20 bits per heavy atom. The van der Waals surface area contributed by atoms with Gasteiger partial charge in [-0.1, -0.05) is 28.1 Å². The van der Waals surface area contributed by atoms with E-state index >= 15 is 0 Å². The van der Waals surface area contributed by atoms with Crippen molar-refractivity contribution in [3.63, 3.8) is 0 Å². The standard InChI is InChI=1S/C12H15BrClN/c1-8-2-3-9(4-12(8)13)7-15-11-5-10(14)6-11/h2-4,10-11,15H,5-7H2,1H3. The highest BCUT2D eigenvalue weighted by molar-refractivity contribution is 9.10. The van der Waals surface area contributed by atoms with E-state index in [0.717, 1.165) is 19.4 Å². The summed E-state index contributed by atoms with van der Waals surface area (Å²) in [6.45, 7) is 3.04. The van der Waals surface area contributed by atoms with Crippen LogP contribution in [0, 0.1) is 6.92 Å². The van der Waals surface area contributed by atoms with Gasteiger partial charge < -0.3 is 5.32 Å². The lowest BCUT2D eigenvalue weighted by atomic mass is 9.92. The summed E-state index contributed by atoms with van der Waals surface area (Å²) < 4.78 is 1.19. The molecule has 0 saturated heterocycles. The first-order valence-corrected chi connectivity index (χ1v) is 6.50. The summed E-state index contributed by atoms with van der Waals surface area (Å²) in [7, 11) is 0. The monoisotopic (exact) mass is 287 g/mol. The number of alkyl halides is 1. The third-order valence-corrected chi connectivity index (χ3v) is 4.12. The summed E-state index contributed by atoms with van der Waals surface area (Å²) in [5.41, 5.74) is 2.61. The van der Waals surface area contributed by atoms with Crippen LogP contribution < -0.4 is 5.32 Å². The SMILES string of the molecule is Cc1ccc(CNC2CC(Cl)C2)cc1Br. The Balaban J connectivity index is 1.86. The van der Waals surface area contributed by atoms with E-state index < -0.39 is 0 Å². The fourth-order valence-electron chi connectivity index (χ4n) is 1.72. The lowest BCUT2D eigenvalue weighted by Crippen LogP contribution is -2.41. The van der Waals surface area contributed by atoms with E-state index in [1.165, 1.54) is 15.6 Å². The van der Waals surface area contributed by atoms with E-state index in [4.69, 9.17) is 11.6 Å². The lowest BCUT2D eigenvalue weighted by molar-refractivity contribution is 0.345. The van der Waals surface area contributed by atoms with Crippen LogP contribution >= 0.6 is 27.5 Å². The van der Waals surface area contributed by atoms with Crippen LogP contribution in [0.3, 0.4) is 0 Å². The first-order valence-electron chi connectivity index (χ1n) is 5.27. The first-order chi connectivity index (χ1) is 7.15. The Morgan fingerprint density at radius 1 is 1.47 bits per heavy atom. The van der Waals surface area contributed by atoms with Crippen molar-refractivity contribution in [2.45, 2.75) is 37.7 Å². The van der Waals surface area contributed by atoms with E-state index in [9.17, 15) is 0 Å². The van der Waals surface area contributed by atoms with Crippen LogP contribution in [-0.4, -0.2) is 11.4 Å². The molecule has 1 N–H and O–H groups in total. The average Bonchev–Trinajstić information content (AvgIpc) is 2.16. The second-order valence-electron chi connectivity index (χ2n) is 4.23. The molecule has 0 amide bonds. The molecule has 0 radical (unpaired) electrons. The van der Waals surface area contributed by atoms with Crippen LogP contribution in [0.25, 0.3) is 0 Å². The molecule has 2 rings (SSSR count). The zero-order valence-electron chi connectivity index (χ0n) is 8.76. The highest BCUT2D eigenvalue weighted by Gasteiger charge is 2.26. The number of rotatable bonds is 3. The van der Waals surface area contributed by atoms with Crippen LogP contribution in [0.1, 0.15) is 24.0 Å². The molecule has 0 spiro atoms. The molecule has 1 saturated carbocycles. The van der Waals surface area contributed by atoms with Crippen LogP contribution in [0.4, 0.5) is 0 Å². The van der Waals surface area contributed by atoms with Crippen molar-refractivity contribution in [2.75, 3.05) is 0 Å². The van der Waals surface area contributed by atoms with E-state index in [0.29, 0.717) is 11.4 Å². The van der Waals surface area contributed by atoms with Crippen LogP contribution in [0.2, 0.25) is 0 Å². The summed E-state index contributed by atoms with van der Waals surface area (Å²) in [6.07, 6.45) is 2.21. The second-order valence-corrected chi connectivity index (χ2v) is 5.70. The summed E-state index contributed by atoms with van der Waals surface area (Å²) in [5, 5.41) is 3.90. The van der Waals surface area contributed by atoms with Crippen molar-refractivity contribution < 1.29 is 0 Å². The highest BCUT2D eigenvalue weighted by Crippen LogP contribution is 2.25. The van der Waals surface area contributed by atoms with Crippen molar-refractivity contribution in [1.82, 2.24) is 5.32 Å². The number of halogens is 2. The molecule has 1 aromatic carbocycles. The van der Waals surface area contributed by atoms with E-state index in [1.54, 1.807) is 0 Å². The maximum atomic E-state index is 5.92. The minimum Gasteiger partial charge on any atom is -0.310 e. The van der Waals surface area contributed by atoms with Gasteiger partial charge in [0, 0.05) is 22.4 Å². The molecule has 1 aliphatic carbocycles. The van der Waals surface area contributed by atoms with Crippen LogP contribution in [0.15, 0.2) is 22.7 Å². The predicted octanol–water partition coefficient (Wildman–Crippen LogP) is 3.62. The van der Waals surface area contributed by atoms with Gasteiger partial charge in [0.25, 0.3) is 0 Å². The molecule has 1 fully saturated rings. The van der Waals surface area contributed by atoms with E-state index in [2.05, 4.69) is 46.4 Å². The molecular formula is C12H15BrClN. The molecule has 0 heterocycles. The zero-order valence-corrected chi connectivity index (χ0v) is 11.1. The van der Waals surface area contributed by atoms with Gasteiger partial charge in [0.2, 0.25) is 0 Å². The molecular weight excluding hydrogens is 273 g/mol. The first kappa shape index (κ1) is 11.4. The Kier molecular flexibility index (Phi) is 3.70. The van der Waals surface area contributed by atoms with Crippen molar-refractivity contribution in [2.24, 2.45) is 0 Å². The second kappa shape index (κ2) is 4.86. The quantitative estimate of drug-likeness (QED) is 0.838. The zero-order chi connectivity index (χ0) is 10.8. The molecule has 0 bridgehead atoms. The molecule has 0 aromatic heterocycles. The third-order valence-electron chi connectivity index (χ3n) is 2.91. The molecule has 3 heteroatoms. The summed E-state index contributed by atoms with van der Waals surface area (Å²) >= 11 is 9.47. The molecule has 1 aromatic rings. The van der Waals surface area contributed by atoms with Gasteiger partial charge in [-0.3, -0.25) is 0 Å². The topological polar surface area (TPSA) is 12.0 Å². The molecule has 0 aliphatic heterocycles. The van der Waals surface area contributed by atoms with Gasteiger partial charge in [0.05, 0.1) is 0 Å². The molecule has 1 nitrogen and oxygen atoms in total. The number of nitrogens with one attached hydrogen (secondary N) is 1. The minimum atomic E-state index is 0.396. The smallest absolute Gasteiger partial charge is 0.0365 e. The maximum absolute atomic E-state index is 5.92. The fraction of sp³-hybridized carbons (Fsp3) is 0.500. The highest BCUT2D eigenvalue weighted by atomic mass is 79.9. The van der Waals surface area contributed by atoms with Gasteiger partial charge >= 0.3 is 0 Å². The molecule has 0 unspecified atom stereocenters. The van der Waals surface area contributed by atoms with E-state index in [1.807, 2.05) is 0 Å². The van der Waals surface area contributed by atoms with Crippen molar-refractivity contribution in [1.29, 1.82) is 0 Å². The maximum Gasteiger partial charge on any atom is 0.0365 e. The Morgan fingerprint density at radius 3 is 2.80 bits per heavy atom. The van der Waals surface area contributed by atoms with Crippen LogP contribution in [0.5, 0.6) is 0 Å². The van der Waals surface area contributed by atoms with Gasteiger partial charge in [-0.15, -0.1) is 11.6 Å². The van der Waals surface area contributed by atoms with Gasteiger partial charge in [-0.2, -0.15) is 0 Å². The Labute approximate surface area is 104 Å². The third kappa shape index (κ3) is 2.96. The van der Waals surface area contributed by atoms with Gasteiger partial charge in [-0.25, -0.2) is 0 Å². The van der Waals surface area contributed by atoms with Crippen molar-refractivity contribution in [3.8, 4) is 0 Å². The normalized spacial score (nSPS) is 25.0. The molecule has 1 aliphatic rings. The number of hydrogen-bond donors (Lipinski definition) is 1. The average molecular weight is 289 g/mol. The summed E-state index contributed by atoms with van der Waals surface area (Å²) in [5.74, 6) is 0. The van der Waals surface area contributed by atoms with Gasteiger partial charge in [-0.05, 0) is 37.0 Å². The Bertz CT molecular complexity index is 347. The van der Waals surface area contributed by atoms with E-state index in [-0.39, 0.29) is 0 Å². The number of hydrogen-bond acceptors (Lipinski definition) is 1. The fourth-order valence-corrected chi connectivity index (χ4v) is 2.58. The largest absolute Gasteiger partial charge is 0.310 e. The number of aryl methyl sites for hydroxylation is 1. The number of benzene rings is 1. The molecule has 0 atom stereocenters. The van der Waals surface area contributed by atoms with Gasteiger partial charge in [0.1, 0.15) is 0 Å². The van der Waals surface area contributed by atoms with Gasteiger partial charge in [0.15, 0.2) is 0 Å². The van der Waals surface area contributed by atoms with Crippen LogP contribution in [-0.2, 0) is 6.54 Å². The van der Waals surface area contributed by atoms with Crippen molar-refractivity contribution in [3.05, 3.63) is 33.8 Å². The van der Waals surface area contributed by atoms with Crippen molar-refractivity contribution >= 4 is 27.5 Å². The molecule has 82 valence electrons. The Hall–Kier alpha value is -0.0500. The lowest BCUT2D eigenvalue weighted by Gasteiger charge is -2.31.